The Balaban J connectivity index is 2.23. The van der Waals surface area contributed by atoms with Crippen LogP contribution < -0.4 is 5.32 Å². The summed E-state index contributed by atoms with van der Waals surface area (Å²) >= 11 is 0. The van der Waals surface area contributed by atoms with Crippen LogP contribution in [0.1, 0.15) is 73.1 Å². The van der Waals surface area contributed by atoms with Crippen molar-refractivity contribution in [1.29, 1.82) is 0 Å². The van der Waals surface area contributed by atoms with E-state index in [2.05, 4.69) is 44.8 Å². The lowest BCUT2D eigenvalue weighted by atomic mass is 9.81. The van der Waals surface area contributed by atoms with Gasteiger partial charge in [0, 0.05) is 6.04 Å². The van der Waals surface area contributed by atoms with Crippen molar-refractivity contribution in [2.24, 2.45) is 17.8 Å². The molecule has 2 fully saturated rings. The Morgan fingerprint density at radius 2 is 1.86 bits per heavy atom. The maximum absolute atomic E-state index is 13.0. The first-order valence-corrected chi connectivity index (χ1v) is 9.09. The fourth-order valence-electron chi connectivity index (χ4n) is 4.19. The molecule has 3 nitrogen and oxygen atoms in total. The van der Waals surface area contributed by atoms with Crippen molar-refractivity contribution in [3.63, 3.8) is 0 Å². The molecule has 0 spiro atoms. The smallest absolute Gasteiger partial charge is 0.241 e. The molecule has 21 heavy (non-hydrogen) atoms. The summed E-state index contributed by atoms with van der Waals surface area (Å²) in [6, 6.07) is 0.493. The summed E-state index contributed by atoms with van der Waals surface area (Å²) in [5.41, 5.74) is 0. The van der Waals surface area contributed by atoms with Crippen LogP contribution in [0.25, 0.3) is 0 Å². The molecule has 0 radical (unpaired) electrons. The Morgan fingerprint density at radius 3 is 2.43 bits per heavy atom. The summed E-state index contributed by atoms with van der Waals surface area (Å²) in [6.07, 6.45) is 7.60. The van der Waals surface area contributed by atoms with E-state index in [1.165, 1.54) is 32.1 Å². The summed E-state index contributed by atoms with van der Waals surface area (Å²) in [5, 5.41) is 3.66. The summed E-state index contributed by atoms with van der Waals surface area (Å²) < 4.78 is 0. The van der Waals surface area contributed by atoms with Gasteiger partial charge in [0.1, 0.15) is 0 Å². The van der Waals surface area contributed by atoms with Crippen LogP contribution in [0.3, 0.4) is 0 Å². The first-order chi connectivity index (χ1) is 10.0. The van der Waals surface area contributed by atoms with Crippen molar-refractivity contribution in [2.45, 2.75) is 91.4 Å². The van der Waals surface area contributed by atoms with Crippen LogP contribution >= 0.6 is 0 Å². The Morgan fingerprint density at radius 1 is 1.19 bits per heavy atom. The molecule has 0 aromatic heterocycles. The molecule has 1 saturated carbocycles. The lowest BCUT2D eigenvalue weighted by Crippen LogP contribution is -2.51. The van der Waals surface area contributed by atoms with Crippen molar-refractivity contribution >= 4 is 5.91 Å². The number of carbonyl (C=O) groups excluding carboxylic acids is 1. The molecule has 1 N–H and O–H groups in total. The molecule has 5 atom stereocenters. The predicted octanol–water partition coefficient (Wildman–Crippen LogP) is 3.78. The number of carbonyl (C=O) groups is 1. The molecule has 0 bridgehead atoms. The zero-order valence-electron chi connectivity index (χ0n) is 14.6. The van der Waals surface area contributed by atoms with Gasteiger partial charge in [0.25, 0.3) is 0 Å². The van der Waals surface area contributed by atoms with Crippen molar-refractivity contribution in [2.75, 3.05) is 0 Å². The zero-order valence-corrected chi connectivity index (χ0v) is 14.6. The largest absolute Gasteiger partial charge is 0.322 e. The minimum Gasteiger partial charge on any atom is -0.322 e. The first kappa shape index (κ1) is 16.8. The lowest BCUT2D eigenvalue weighted by molar-refractivity contribution is -0.135. The lowest BCUT2D eigenvalue weighted by Gasteiger charge is -2.41. The van der Waals surface area contributed by atoms with Gasteiger partial charge in [0.15, 0.2) is 0 Å². The molecule has 0 aromatic rings. The Hall–Kier alpha value is -0.570. The molecule has 1 aliphatic heterocycles. The number of rotatable bonds is 5. The van der Waals surface area contributed by atoms with E-state index in [4.69, 9.17) is 0 Å². The summed E-state index contributed by atoms with van der Waals surface area (Å²) in [5.74, 6) is 1.96. The van der Waals surface area contributed by atoms with Gasteiger partial charge in [0.05, 0.1) is 12.2 Å². The molecule has 3 heteroatoms. The average Bonchev–Trinajstić information content (AvgIpc) is 2.84. The van der Waals surface area contributed by atoms with Gasteiger partial charge in [-0.1, -0.05) is 60.3 Å². The molecule has 2 rings (SSSR count). The van der Waals surface area contributed by atoms with Gasteiger partial charge in [-0.25, -0.2) is 0 Å². The van der Waals surface area contributed by atoms with Gasteiger partial charge in [-0.2, -0.15) is 0 Å². The van der Waals surface area contributed by atoms with Crippen LogP contribution in [0.15, 0.2) is 0 Å². The highest BCUT2D eigenvalue weighted by atomic mass is 16.2. The molecule has 5 unspecified atom stereocenters. The maximum atomic E-state index is 13.0. The second-order valence-electron chi connectivity index (χ2n) is 7.48. The van der Waals surface area contributed by atoms with E-state index in [0.717, 1.165) is 6.42 Å². The molecule has 1 saturated heterocycles. The standard InChI is InChI=1S/C18H34N2O/c1-6-13(5)16-18(21)20(17(19-16)12(3)4)15-11-9-8-10-14(15)7-2/h12-17,19H,6-11H2,1-5H3. The molecule has 1 amide bonds. The van der Waals surface area contributed by atoms with Crippen molar-refractivity contribution < 1.29 is 4.79 Å². The van der Waals surface area contributed by atoms with Gasteiger partial charge in [-0.15, -0.1) is 0 Å². The Bertz CT molecular complexity index is 355. The highest BCUT2D eigenvalue weighted by molar-refractivity contribution is 5.85. The number of amides is 1. The van der Waals surface area contributed by atoms with Crippen molar-refractivity contribution in [1.82, 2.24) is 10.2 Å². The predicted molar refractivity (Wildman–Crippen MR) is 87.9 cm³/mol. The van der Waals surface area contributed by atoms with Crippen molar-refractivity contribution in [3.05, 3.63) is 0 Å². The third-order valence-electron chi connectivity index (χ3n) is 5.77. The fraction of sp³-hybridized carbons (Fsp3) is 0.944. The molecular weight excluding hydrogens is 260 g/mol. The van der Waals surface area contributed by atoms with Gasteiger partial charge < -0.3 is 4.90 Å². The monoisotopic (exact) mass is 294 g/mol. The Labute approximate surface area is 130 Å². The number of nitrogens with zero attached hydrogens (tertiary/aromatic N) is 1. The zero-order chi connectivity index (χ0) is 15.6. The van der Waals surface area contributed by atoms with Crippen LogP contribution in [-0.2, 0) is 4.79 Å². The van der Waals surface area contributed by atoms with E-state index in [-0.39, 0.29) is 12.2 Å². The first-order valence-electron chi connectivity index (χ1n) is 9.09. The summed E-state index contributed by atoms with van der Waals surface area (Å²) in [4.78, 5) is 15.3. The highest BCUT2D eigenvalue weighted by Crippen LogP contribution is 2.35. The van der Waals surface area contributed by atoms with Gasteiger partial charge in [-0.05, 0) is 30.6 Å². The van der Waals surface area contributed by atoms with E-state index < -0.39 is 0 Å². The number of hydrogen-bond acceptors (Lipinski definition) is 2. The molecule has 122 valence electrons. The van der Waals surface area contributed by atoms with Crippen LogP contribution in [-0.4, -0.2) is 29.1 Å². The maximum Gasteiger partial charge on any atom is 0.241 e. The van der Waals surface area contributed by atoms with Crippen LogP contribution in [0.4, 0.5) is 0 Å². The molecular formula is C18H34N2O. The SMILES string of the molecule is CCC(C)C1NC(C(C)C)N(C2CCCCC2CC)C1=O. The second kappa shape index (κ2) is 7.13. The molecule has 2 aliphatic rings. The third-order valence-corrected chi connectivity index (χ3v) is 5.77. The summed E-state index contributed by atoms with van der Waals surface area (Å²) in [7, 11) is 0. The van der Waals surface area contributed by atoms with Crippen LogP contribution in [0.5, 0.6) is 0 Å². The van der Waals surface area contributed by atoms with Crippen molar-refractivity contribution in [3.8, 4) is 0 Å². The third kappa shape index (κ3) is 3.28. The second-order valence-corrected chi connectivity index (χ2v) is 7.48. The van der Waals surface area contributed by atoms with E-state index in [0.29, 0.717) is 29.7 Å². The topological polar surface area (TPSA) is 32.3 Å². The minimum atomic E-state index is 0.0295. The van der Waals surface area contributed by atoms with E-state index in [1.54, 1.807) is 0 Å². The van der Waals surface area contributed by atoms with Crippen LogP contribution in [0, 0.1) is 17.8 Å². The Kier molecular flexibility index (Phi) is 5.70. The van der Waals surface area contributed by atoms with Gasteiger partial charge >= 0.3 is 0 Å². The normalized spacial score (nSPS) is 35.5. The summed E-state index contributed by atoms with van der Waals surface area (Å²) in [6.45, 7) is 11.1. The number of nitrogens with one attached hydrogen (secondary N) is 1. The molecule has 0 aromatic carbocycles. The quantitative estimate of drug-likeness (QED) is 0.837. The molecule has 1 aliphatic carbocycles. The van der Waals surface area contributed by atoms with Gasteiger partial charge in [0.2, 0.25) is 5.91 Å². The minimum absolute atomic E-state index is 0.0295. The molecule has 1 heterocycles. The van der Waals surface area contributed by atoms with E-state index >= 15 is 0 Å². The number of hydrogen-bond donors (Lipinski definition) is 1. The van der Waals surface area contributed by atoms with Gasteiger partial charge in [-0.3, -0.25) is 10.1 Å². The van der Waals surface area contributed by atoms with E-state index in [1.807, 2.05) is 0 Å². The highest BCUT2D eigenvalue weighted by Gasteiger charge is 2.46. The van der Waals surface area contributed by atoms with Crippen LogP contribution in [0.2, 0.25) is 0 Å². The average molecular weight is 294 g/mol. The fourth-order valence-corrected chi connectivity index (χ4v) is 4.19. The van der Waals surface area contributed by atoms with E-state index in [9.17, 15) is 4.79 Å².